The quantitative estimate of drug-likeness (QED) is 0.572. The average Bonchev–Trinajstić information content (AvgIpc) is 2.26. The summed E-state index contributed by atoms with van der Waals surface area (Å²) in [6.07, 6.45) is -0.457. The Labute approximate surface area is 78.0 Å². The molecular formula is C9H17NO3. The van der Waals surface area contributed by atoms with Crippen LogP contribution < -0.4 is 5.32 Å². The van der Waals surface area contributed by atoms with Crippen LogP contribution in [0.1, 0.15) is 20.8 Å². The Morgan fingerprint density at radius 3 is 2.23 bits per heavy atom. The maximum atomic E-state index is 10.8. The summed E-state index contributed by atoms with van der Waals surface area (Å²) in [6, 6.07) is -0.453. The van der Waals surface area contributed by atoms with Crippen molar-refractivity contribution in [3.8, 4) is 0 Å². The molecule has 1 heterocycles. The Morgan fingerprint density at radius 2 is 2.00 bits per heavy atom. The molecule has 4 heteroatoms. The smallest absolute Gasteiger partial charge is 0.320 e. The number of aliphatic hydroxyl groups excluding tert-OH is 1. The van der Waals surface area contributed by atoms with E-state index in [0.717, 1.165) is 0 Å². The molecule has 0 aliphatic carbocycles. The van der Waals surface area contributed by atoms with E-state index in [0.29, 0.717) is 0 Å². The molecular weight excluding hydrogens is 170 g/mol. The normalized spacial score (nSPS) is 41.8. The SMILES string of the molecule is CC(O)C1C(C)NC(C(=O)O)C1C. The van der Waals surface area contributed by atoms with E-state index >= 15 is 0 Å². The van der Waals surface area contributed by atoms with Gasteiger partial charge in [-0.1, -0.05) is 6.92 Å². The molecule has 1 fully saturated rings. The van der Waals surface area contributed by atoms with E-state index in [1.807, 2.05) is 13.8 Å². The van der Waals surface area contributed by atoms with Crippen molar-refractivity contribution in [1.29, 1.82) is 0 Å². The highest BCUT2D eigenvalue weighted by molar-refractivity contribution is 5.74. The Kier molecular flexibility index (Phi) is 2.93. The summed E-state index contributed by atoms with van der Waals surface area (Å²) in [6.45, 7) is 5.49. The second kappa shape index (κ2) is 3.64. The standard InChI is InChI=1S/C9H17NO3/c1-4-7(6(3)11)5(2)10-8(4)9(12)13/h4-8,10-11H,1-3H3,(H,12,13). The molecule has 0 radical (unpaired) electrons. The van der Waals surface area contributed by atoms with E-state index < -0.39 is 18.1 Å². The van der Waals surface area contributed by atoms with E-state index in [1.165, 1.54) is 0 Å². The van der Waals surface area contributed by atoms with Crippen LogP contribution in [0, 0.1) is 11.8 Å². The molecule has 0 amide bonds. The molecule has 0 saturated carbocycles. The zero-order chi connectivity index (χ0) is 10.2. The maximum Gasteiger partial charge on any atom is 0.320 e. The summed E-state index contributed by atoms with van der Waals surface area (Å²) in [5.41, 5.74) is 0. The predicted octanol–water partition coefficient (Wildman–Crippen LogP) is 0.0644. The molecule has 5 unspecified atom stereocenters. The summed E-state index contributed by atoms with van der Waals surface area (Å²) >= 11 is 0. The third-order valence-electron chi connectivity index (χ3n) is 2.98. The first-order valence-corrected chi connectivity index (χ1v) is 4.62. The zero-order valence-electron chi connectivity index (χ0n) is 8.19. The number of hydrogen-bond acceptors (Lipinski definition) is 3. The van der Waals surface area contributed by atoms with Crippen molar-refractivity contribution < 1.29 is 15.0 Å². The monoisotopic (exact) mass is 187 g/mol. The van der Waals surface area contributed by atoms with Gasteiger partial charge in [-0.3, -0.25) is 4.79 Å². The van der Waals surface area contributed by atoms with Crippen LogP contribution in [-0.4, -0.2) is 34.4 Å². The number of carboxylic acids is 1. The second-order valence-electron chi connectivity index (χ2n) is 3.95. The van der Waals surface area contributed by atoms with Gasteiger partial charge < -0.3 is 15.5 Å². The summed E-state index contributed by atoms with van der Waals surface area (Å²) < 4.78 is 0. The Hall–Kier alpha value is -0.610. The fraction of sp³-hybridized carbons (Fsp3) is 0.889. The van der Waals surface area contributed by atoms with Crippen molar-refractivity contribution in [2.75, 3.05) is 0 Å². The van der Waals surface area contributed by atoms with Gasteiger partial charge in [0.1, 0.15) is 6.04 Å². The maximum absolute atomic E-state index is 10.8. The fourth-order valence-electron chi connectivity index (χ4n) is 2.38. The van der Waals surface area contributed by atoms with Crippen molar-refractivity contribution in [1.82, 2.24) is 5.32 Å². The molecule has 1 aliphatic rings. The number of carbonyl (C=O) groups is 1. The van der Waals surface area contributed by atoms with E-state index in [-0.39, 0.29) is 17.9 Å². The summed E-state index contributed by atoms with van der Waals surface area (Å²) in [4.78, 5) is 10.8. The number of rotatable bonds is 2. The summed E-state index contributed by atoms with van der Waals surface area (Å²) in [5, 5.41) is 21.3. The first-order valence-electron chi connectivity index (χ1n) is 4.62. The molecule has 1 aliphatic heterocycles. The lowest BCUT2D eigenvalue weighted by Crippen LogP contribution is -2.36. The van der Waals surface area contributed by atoms with Gasteiger partial charge in [0.05, 0.1) is 6.10 Å². The van der Waals surface area contributed by atoms with Crippen molar-refractivity contribution in [2.45, 2.75) is 39.0 Å². The molecule has 0 bridgehead atoms. The zero-order valence-corrected chi connectivity index (χ0v) is 8.19. The van der Waals surface area contributed by atoms with Crippen molar-refractivity contribution in [2.24, 2.45) is 11.8 Å². The van der Waals surface area contributed by atoms with E-state index in [4.69, 9.17) is 5.11 Å². The molecule has 1 saturated heterocycles. The number of hydrogen-bond donors (Lipinski definition) is 3. The average molecular weight is 187 g/mol. The van der Waals surface area contributed by atoms with Gasteiger partial charge in [0.15, 0.2) is 0 Å². The van der Waals surface area contributed by atoms with Gasteiger partial charge >= 0.3 is 5.97 Å². The van der Waals surface area contributed by atoms with Gasteiger partial charge in [0.25, 0.3) is 0 Å². The van der Waals surface area contributed by atoms with Crippen LogP contribution in [0.5, 0.6) is 0 Å². The minimum Gasteiger partial charge on any atom is -0.480 e. The summed E-state index contributed by atoms with van der Waals surface area (Å²) in [7, 11) is 0. The van der Waals surface area contributed by atoms with Crippen LogP contribution in [0.15, 0.2) is 0 Å². The van der Waals surface area contributed by atoms with E-state index in [9.17, 15) is 9.90 Å². The van der Waals surface area contributed by atoms with Gasteiger partial charge in [0.2, 0.25) is 0 Å². The number of nitrogens with one attached hydrogen (secondary N) is 1. The van der Waals surface area contributed by atoms with E-state index in [1.54, 1.807) is 6.92 Å². The Morgan fingerprint density at radius 1 is 1.46 bits per heavy atom. The topological polar surface area (TPSA) is 69.6 Å². The van der Waals surface area contributed by atoms with Crippen molar-refractivity contribution in [3.63, 3.8) is 0 Å². The third-order valence-corrected chi connectivity index (χ3v) is 2.98. The minimum absolute atomic E-state index is 0.0208. The lowest BCUT2D eigenvalue weighted by atomic mass is 9.85. The lowest BCUT2D eigenvalue weighted by molar-refractivity contribution is -0.140. The first-order chi connectivity index (χ1) is 5.95. The lowest BCUT2D eigenvalue weighted by Gasteiger charge is -2.22. The highest BCUT2D eigenvalue weighted by atomic mass is 16.4. The summed E-state index contributed by atoms with van der Waals surface area (Å²) in [5.74, 6) is -0.823. The Balaban J connectivity index is 2.75. The van der Waals surface area contributed by atoms with Crippen molar-refractivity contribution >= 4 is 5.97 Å². The third kappa shape index (κ3) is 1.84. The molecule has 0 spiro atoms. The van der Waals surface area contributed by atoms with Crippen molar-refractivity contribution in [3.05, 3.63) is 0 Å². The van der Waals surface area contributed by atoms with Gasteiger partial charge in [-0.2, -0.15) is 0 Å². The molecule has 0 aromatic carbocycles. The molecule has 5 atom stereocenters. The second-order valence-corrected chi connectivity index (χ2v) is 3.95. The minimum atomic E-state index is -0.831. The largest absolute Gasteiger partial charge is 0.480 e. The van der Waals surface area contributed by atoms with Crippen LogP contribution in [0.25, 0.3) is 0 Å². The highest BCUT2D eigenvalue weighted by Gasteiger charge is 2.43. The molecule has 0 aromatic heterocycles. The van der Waals surface area contributed by atoms with Gasteiger partial charge in [-0.05, 0) is 19.8 Å². The van der Waals surface area contributed by atoms with E-state index in [2.05, 4.69) is 5.32 Å². The molecule has 3 N–H and O–H groups in total. The van der Waals surface area contributed by atoms with Crippen LogP contribution >= 0.6 is 0 Å². The fourth-order valence-corrected chi connectivity index (χ4v) is 2.38. The number of carboxylic acid groups (broad SMARTS) is 1. The Bertz CT molecular complexity index is 205. The van der Waals surface area contributed by atoms with Gasteiger partial charge in [-0.25, -0.2) is 0 Å². The van der Waals surface area contributed by atoms with Crippen LogP contribution in [0.2, 0.25) is 0 Å². The van der Waals surface area contributed by atoms with Crippen LogP contribution in [-0.2, 0) is 4.79 Å². The highest BCUT2D eigenvalue weighted by Crippen LogP contribution is 2.29. The van der Waals surface area contributed by atoms with Gasteiger partial charge in [0, 0.05) is 12.0 Å². The van der Waals surface area contributed by atoms with Crippen LogP contribution in [0.4, 0.5) is 0 Å². The molecule has 76 valence electrons. The number of aliphatic carboxylic acids is 1. The first kappa shape index (κ1) is 10.5. The molecule has 13 heavy (non-hydrogen) atoms. The van der Waals surface area contributed by atoms with Crippen LogP contribution in [0.3, 0.4) is 0 Å². The number of aliphatic hydroxyl groups is 1. The molecule has 1 rings (SSSR count). The predicted molar refractivity (Wildman–Crippen MR) is 48.4 cm³/mol. The van der Waals surface area contributed by atoms with Gasteiger partial charge in [-0.15, -0.1) is 0 Å². The molecule has 0 aromatic rings. The molecule has 4 nitrogen and oxygen atoms in total.